The number of benzene rings is 7. The largest absolute Gasteiger partial charge is 0.295 e. The number of aromatic nitrogens is 5. The topological polar surface area (TPSA) is 56.5 Å². The van der Waals surface area contributed by atoms with Crippen molar-refractivity contribution in [1.82, 2.24) is 24.5 Å². The molecular weight excluding hydrogens is 635 g/mol. The molecule has 0 aliphatic carbocycles. The molecule has 0 unspecified atom stereocenters. The molecule has 0 saturated heterocycles. The van der Waals surface area contributed by atoms with Gasteiger partial charge in [-0.3, -0.25) is 4.57 Å². The molecule has 7 aromatic carbocycles. The normalized spacial score (nSPS) is 12.8. The number of para-hydroxylation sites is 1. The maximum atomic E-state index is 5.49. The highest BCUT2D eigenvalue weighted by Crippen LogP contribution is 2.52. The summed E-state index contributed by atoms with van der Waals surface area (Å²) in [6, 6.07) is 65.4. The molecule has 0 radical (unpaired) electrons. The first-order valence-electron chi connectivity index (χ1n) is 17.5. The molecule has 9 aromatic rings. The Bertz CT molecular complexity index is 2670. The molecule has 0 saturated carbocycles. The van der Waals surface area contributed by atoms with E-state index in [0.29, 0.717) is 17.5 Å². The summed E-state index contributed by atoms with van der Waals surface area (Å²) in [4.78, 5) is 20.6. The summed E-state index contributed by atoms with van der Waals surface area (Å²) in [5.41, 5.74) is 11.1. The monoisotopic (exact) mass is 665 g/mol. The number of hydrogen-bond donors (Lipinski definition) is 0. The molecular formula is C47H31N5. The zero-order valence-corrected chi connectivity index (χ0v) is 28.1. The van der Waals surface area contributed by atoms with E-state index in [9.17, 15) is 0 Å². The lowest BCUT2D eigenvalue weighted by molar-refractivity contribution is 0.718. The van der Waals surface area contributed by atoms with Gasteiger partial charge in [0.1, 0.15) is 11.2 Å². The number of hydrogen-bond acceptors (Lipinski definition) is 4. The van der Waals surface area contributed by atoms with Crippen molar-refractivity contribution in [3.63, 3.8) is 0 Å². The summed E-state index contributed by atoms with van der Waals surface area (Å²) in [7, 11) is 0. The van der Waals surface area contributed by atoms with Gasteiger partial charge < -0.3 is 0 Å². The second-order valence-corrected chi connectivity index (χ2v) is 13.1. The van der Waals surface area contributed by atoms with Gasteiger partial charge in [-0.1, -0.05) is 164 Å². The molecule has 0 amide bonds. The average Bonchev–Trinajstić information content (AvgIpc) is 3.75. The molecule has 244 valence electrons. The third-order valence-corrected chi connectivity index (χ3v) is 10.1. The van der Waals surface area contributed by atoms with Gasteiger partial charge in [0.05, 0.1) is 16.7 Å². The Balaban J connectivity index is 1.15. The van der Waals surface area contributed by atoms with E-state index in [1.54, 1.807) is 0 Å². The van der Waals surface area contributed by atoms with Crippen LogP contribution < -0.4 is 0 Å². The lowest BCUT2D eigenvalue weighted by Crippen LogP contribution is -2.29. The van der Waals surface area contributed by atoms with Crippen molar-refractivity contribution in [2.75, 3.05) is 0 Å². The van der Waals surface area contributed by atoms with Crippen LogP contribution in [0, 0.1) is 0 Å². The molecule has 0 atom stereocenters. The predicted molar refractivity (Wildman–Crippen MR) is 208 cm³/mol. The van der Waals surface area contributed by atoms with Gasteiger partial charge in [0.25, 0.3) is 0 Å². The summed E-state index contributed by atoms with van der Waals surface area (Å²) in [5.74, 6) is 2.82. The van der Waals surface area contributed by atoms with E-state index in [2.05, 4.69) is 156 Å². The average molecular weight is 666 g/mol. The van der Waals surface area contributed by atoms with E-state index in [-0.39, 0.29) is 0 Å². The molecule has 0 N–H and O–H groups in total. The molecule has 10 rings (SSSR count). The van der Waals surface area contributed by atoms with Crippen LogP contribution in [0.5, 0.6) is 0 Å². The maximum absolute atomic E-state index is 5.49. The van der Waals surface area contributed by atoms with Gasteiger partial charge in [0, 0.05) is 16.7 Å². The zero-order chi connectivity index (χ0) is 34.5. The Labute approximate surface area is 301 Å². The fourth-order valence-corrected chi connectivity index (χ4v) is 7.73. The Kier molecular flexibility index (Phi) is 6.96. The Morgan fingerprint density at radius 2 is 0.808 bits per heavy atom. The Hall–Kier alpha value is -6.98. The molecule has 0 fully saturated rings. The van der Waals surface area contributed by atoms with E-state index >= 15 is 0 Å². The lowest BCUT2D eigenvalue weighted by atomic mass is 9.70. The van der Waals surface area contributed by atoms with Crippen molar-refractivity contribution < 1.29 is 0 Å². The molecule has 1 aliphatic rings. The van der Waals surface area contributed by atoms with Crippen LogP contribution in [0.1, 0.15) is 22.5 Å². The molecule has 5 nitrogen and oxygen atoms in total. The minimum atomic E-state index is -0.592. The number of rotatable bonds is 6. The number of nitrogens with zero attached hydrogens (tertiary/aromatic N) is 5. The first-order valence-corrected chi connectivity index (χ1v) is 17.5. The van der Waals surface area contributed by atoms with E-state index in [4.69, 9.17) is 19.9 Å². The van der Waals surface area contributed by atoms with Crippen molar-refractivity contribution in [2.24, 2.45) is 0 Å². The van der Waals surface area contributed by atoms with Gasteiger partial charge in [-0.15, -0.1) is 0 Å². The van der Waals surface area contributed by atoms with E-state index in [1.165, 1.54) is 22.3 Å². The van der Waals surface area contributed by atoms with Crippen LogP contribution >= 0.6 is 0 Å². The van der Waals surface area contributed by atoms with E-state index in [1.807, 2.05) is 36.4 Å². The van der Waals surface area contributed by atoms with Crippen LogP contribution in [0.4, 0.5) is 0 Å². The third kappa shape index (κ3) is 4.71. The predicted octanol–water partition coefficient (Wildman–Crippen LogP) is 10.6. The molecule has 52 heavy (non-hydrogen) atoms. The van der Waals surface area contributed by atoms with Gasteiger partial charge in [-0.25, -0.2) is 19.9 Å². The summed E-state index contributed by atoms with van der Waals surface area (Å²) in [5, 5.41) is 0. The quantitative estimate of drug-likeness (QED) is 0.177. The fourth-order valence-electron chi connectivity index (χ4n) is 7.73. The van der Waals surface area contributed by atoms with Gasteiger partial charge in [0.15, 0.2) is 17.5 Å². The Morgan fingerprint density at radius 1 is 0.365 bits per heavy atom. The molecule has 3 heterocycles. The first kappa shape index (κ1) is 29.9. The van der Waals surface area contributed by atoms with Crippen molar-refractivity contribution >= 4 is 11.0 Å². The number of imidazole rings is 1. The smallest absolute Gasteiger partial charge is 0.164 e. The lowest BCUT2D eigenvalue weighted by Gasteiger charge is -2.30. The van der Waals surface area contributed by atoms with Crippen molar-refractivity contribution in [1.29, 1.82) is 0 Å². The van der Waals surface area contributed by atoms with Crippen molar-refractivity contribution in [3.05, 3.63) is 211 Å². The van der Waals surface area contributed by atoms with Crippen LogP contribution in [-0.4, -0.2) is 24.5 Å². The summed E-state index contributed by atoms with van der Waals surface area (Å²) < 4.78 is 2.33. The molecule has 5 heteroatoms. The van der Waals surface area contributed by atoms with Gasteiger partial charge in [-0.2, -0.15) is 0 Å². The van der Waals surface area contributed by atoms with Gasteiger partial charge in [-0.05, 0) is 52.1 Å². The highest BCUT2D eigenvalue weighted by atomic mass is 15.1. The van der Waals surface area contributed by atoms with Crippen molar-refractivity contribution in [3.8, 4) is 51.0 Å². The van der Waals surface area contributed by atoms with Crippen LogP contribution in [0.2, 0.25) is 0 Å². The maximum Gasteiger partial charge on any atom is 0.164 e. The first-order chi connectivity index (χ1) is 25.8. The molecule has 0 spiro atoms. The minimum Gasteiger partial charge on any atom is -0.295 e. The summed E-state index contributed by atoms with van der Waals surface area (Å²) in [6.07, 6.45) is 0. The van der Waals surface area contributed by atoms with Gasteiger partial charge >= 0.3 is 0 Å². The van der Waals surface area contributed by atoms with E-state index in [0.717, 1.165) is 44.8 Å². The van der Waals surface area contributed by atoms with Crippen LogP contribution in [0.25, 0.3) is 62.0 Å². The van der Waals surface area contributed by atoms with Crippen LogP contribution in [0.15, 0.2) is 188 Å². The van der Waals surface area contributed by atoms with Gasteiger partial charge in [0.2, 0.25) is 0 Å². The Morgan fingerprint density at radius 3 is 1.42 bits per heavy atom. The zero-order valence-electron chi connectivity index (χ0n) is 28.1. The van der Waals surface area contributed by atoms with Crippen LogP contribution in [0.3, 0.4) is 0 Å². The number of fused-ring (bicyclic) bond motifs is 5. The summed E-state index contributed by atoms with van der Waals surface area (Å²) in [6.45, 7) is 0. The fraction of sp³-hybridized carbons (Fsp3) is 0.0213. The molecule has 2 aromatic heterocycles. The van der Waals surface area contributed by atoms with E-state index < -0.39 is 5.41 Å². The highest BCUT2D eigenvalue weighted by molar-refractivity contribution is 5.87. The standard InChI is InChI=1S/C47H31N5/c1-5-15-32(16-6-1)33-25-27-35(28-26-33)44-49-43(34-17-7-2-8-18-34)50-45(51-44)36-29-30-42-40(31-36)48-46-47(37-19-9-3-10-20-37,38-21-11-4-12-22-38)39-23-13-14-24-41(39)52(42)46/h1-31H. The second kappa shape index (κ2) is 12.1. The minimum absolute atomic E-state index is 0.592. The van der Waals surface area contributed by atoms with Crippen LogP contribution in [-0.2, 0) is 5.41 Å². The summed E-state index contributed by atoms with van der Waals surface area (Å²) >= 11 is 0. The SMILES string of the molecule is c1ccc(-c2ccc(-c3nc(-c4ccccc4)nc(-c4ccc5c(c4)nc4n5-c5ccccc5C4(c4ccccc4)c4ccccc4)n3)cc2)cc1. The third-order valence-electron chi connectivity index (χ3n) is 10.1. The second-order valence-electron chi connectivity index (χ2n) is 13.1. The van der Waals surface area contributed by atoms with Crippen molar-refractivity contribution in [2.45, 2.75) is 5.41 Å². The molecule has 1 aliphatic heterocycles. The highest BCUT2D eigenvalue weighted by Gasteiger charge is 2.48. The molecule has 0 bridgehead atoms.